The Hall–Kier alpha value is -3.34. The first-order chi connectivity index (χ1) is 15.2. The molecule has 0 saturated carbocycles. The summed E-state index contributed by atoms with van der Waals surface area (Å²) in [7, 11) is 0. The number of carbonyl (C=O) groups excluding carboxylic acids is 1. The second-order valence-corrected chi connectivity index (χ2v) is 7.83. The number of amides is 1. The van der Waals surface area contributed by atoms with Crippen LogP contribution in [0.1, 0.15) is 24.0 Å². The van der Waals surface area contributed by atoms with Gasteiger partial charge in [0.25, 0.3) is 0 Å². The summed E-state index contributed by atoms with van der Waals surface area (Å²) in [5.74, 6) is 0.576. The molecule has 31 heavy (non-hydrogen) atoms. The maximum absolute atomic E-state index is 13.3. The van der Waals surface area contributed by atoms with Crippen LogP contribution in [0.3, 0.4) is 0 Å². The average molecular weight is 419 g/mol. The first kappa shape index (κ1) is 20.9. The molecule has 4 rings (SSSR count). The number of hydrogen-bond donors (Lipinski definition) is 1. The summed E-state index contributed by atoms with van der Waals surface area (Å²) in [4.78, 5) is 14.8. The largest absolute Gasteiger partial charge is 0.489 e. The third-order valence-electron chi connectivity index (χ3n) is 5.54. The van der Waals surface area contributed by atoms with E-state index in [0.29, 0.717) is 26.1 Å². The minimum atomic E-state index is -0.252. The first-order valence-corrected chi connectivity index (χ1v) is 10.7. The average Bonchev–Trinajstić information content (AvgIpc) is 2.80. The van der Waals surface area contributed by atoms with E-state index >= 15 is 0 Å². The van der Waals surface area contributed by atoms with Crippen molar-refractivity contribution >= 4 is 11.6 Å². The summed E-state index contributed by atoms with van der Waals surface area (Å²) in [5.41, 5.74) is 3.23. The van der Waals surface area contributed by atoms with Crippen LogP contribution in [0.2, 0.25) is 0 Å². The second kappa shape index (κ2) is 10.1. The fourth-order valence-corrected chi connectivity index (χ4v) is 3.91. The van der Waals surface area contributed by atoms with Gasteiger partial charge in [-0.05, 0) is 48.2 Å². The molecule has 0 aliphatic carbocycles. The molecule has 3 aromatic rings. The van der Waals surface area contributed by atoms with Crippen molar-refractivity contribution in [3.63, 3.8) is 0 Å². The highest BCUT2D eigenvalue weighted by Crippen LogP contribution is 2.35. The van der Waals surface area contributed by atoms with Crippen LogP contribution in [0, 0.1) is 5.82 Å². The smallest absolute Gasteiger partial charge is 0.222 e. The van der Waals surface area contributed by atoms with Gasteiger partial charge in [0.2, 0.25) is 5.91 Å². The maximum atomic E-state index is 13.3. The highest BCUT2D eigenvalue weighted by atomic mass is 19.1. The zero-order chi connectivity index (χ0) is 21.5. The molecule has 0 bridgehead atoms. The van der Waals surface area contributed by atoms with Crippen LogP contribution in [0.25, 0.3) is 0 Å². The SMILES string of the molecule is O=C(C[C@H]1COc2ccccc2N1Cc1ccc(F)cc1)NCCCc1ccccc1. The highest BCUT2D eigenvalue weighted by molar-refractivity contribution is 5.77. The number of carbonyl (C=O) groups is 1. The molecular formula is C26H27FN2O2. The zero-order valence-electron chi connectivity index (χ0n) is 17.5. The number of rotatable bonds is 8. The van der Waals surface area contributed by atoms with Crippen LogP contribution in [0.5, 0.6) is 5.75 Å². The Morgan fingerprint density at radius 3 is 2.52 bits per heavy atom. The van der Waals surface area contributed by atoms with Crippen LogP contribution >= 0.6 is 0 Å². The summed E-state index contributed by atoms with van der Waals surface area (Å²) in [5, 5.41) is 3.05. The number of halogens is 1. The van der Waals surface area contributed by atoms with Gasteiger partial charge in [-0.15, -0.1) is 0 Å². The van der Waals surface area contributed by atoms with Gasteiger partial charge < -0.3 is 15.0 Å². The Balaban J connectivity index is 1.37. The lowest BCUT2D eigenvalue weighted by molar-refractivity contribution is -0.121. The molecular weight excluding hydrogens is 391 g/mol. The molecule has 0 fully saturated rings. The number of fused-ring (bicyclic) bond motifs is 1. The van der Waals surface area contributed by atoms with Crippen molar-refractivity contribution in [1.82, 2.24) is 5.32 Å². The van der Waals surface area contributed by atoms with E-state index in [9.17, 15) is 9.18 Å². The summed E-state index contributed by atoms with van der Waals surface area (Å²) >= 11 is 0. The van der Waals surface area contributed by atoms with Gasteiger partial charge in [0.1, 0.15) is 18.2 Å². The zero-order valence-corrected chi connectivity index (χ0v) is 17.5. The molecule has 1 atom stereocenters. The summed E-state index contributed by atoms with van der Waals surface area (Å²) < 4.78 is 19.2. The van der Waals surface area contributed by atoms with E-state index in [2.05, 4.69) is 22.3 Å². The fraction of sp³-hybridized carbons (Fsp3) is 0.269. The Morgan fingerprint density at radius 1 is 0.968 bits per heavy atom. The van der Waals surface area contributed by atoms with Crippen molar-refractivity contribution in [2.45, 2.75) is 31.8 Å². The quantitative estimate of drug-likeness (QED) is 0.538. The van der Waals surface area contributed by atoms with Crippen LogP contribution in [0.4, 0.5) is 10.1 Å². The van der Waals surface area contributed by atoms with Gasteiger partial charge in [0.15, 0.2) is 0 Å². The summed E-state index contributed by atoms with van der Waals surface area (Å²) in [6, 6.07) is 24.5. The number of aryl methyl sites for hydroxylation is 1. The van der Waals surface area contributed by atoms with E-state index in [4.69, 9.17) is 4.74 Å². The summed E-state index contributed by atoms with van der Waals surface area (Å²) in [6.45, 7) is 1.68. The van der Waals surface area contributed by atoms with E-state index < -0.39 is 0 Å². The van der Waals surface area contributed by atoms with Crippen molar-refractivity contribution in [2.75, 3.05) is 18.1 Å². The molecule has 4 nitrogen and oxygen atoms in total. The molecule has 0 spiro atoms. The van der Waals surface area contributed by atoms with Gasteiger partial charge >= 0.3 is 0 Å². The normalized spacial score (nSPS) is 15.1. The predicted molar refractivity (Wildman–Crippen MR) is 121 cm³/mol. The number of nitrogens with zero attached hydrogens (tertiary/aromatic N) is 1. The molecule has 3 aromatic carbocycles. The Bertz CT molecular complexity index is 992. The molecule has 0 saturated heterocycles. The number of nitrogens with one attached hydrogen (secondary N) is 1. The van der Waals surface area contributed by atoms with Gasteiger partial charge in [-0.3, -0.25) is 4.79 Å². The van der Waals surface area contributed by atoms with E-state index in [1.807, 2.05) is 42.5 Å². The molecule has 1 aliphatic heterocycles. The standard InChI is InChI=1S/C26H27FN2O2/c27-22-14-12-21(13-15-22)18-29-23(19-31-25-11-5-4-10-24(25)29)17-26(30)28-16-6-9-20-7-2-1-3-8-20/h1-5,7-8,10-15,23H,6,9,16-19H2,(H,28,30)/t23-/m0/s1. The number of para-hydroxylation sites is 2. The minimum Gasteiger partial charge on any atom is -0.489 e. The van der Waals surface area contributed by atoms with E-state index in [0.717, 1.165) is 29.8 Å². The van der Waals surface area contributed by atoms with E-state index in [1.54, 1.807) is 12.1 Å². The number of hydrogen-bond acceptors (Lipinski definition) is 3. The topological polar surface area (TPSA) is 41.6 Å². The van der Waals surface area contributed by atoms with Crippen molar-refractivity contribution in [3.05, 3.63) is 95.8 Å². The van der Waals surface area contributed by atoms with Gasteiger partial charge in [0, 0.05) is 13.1 Å². The number of anilines is 1. The molecule has 5 heteroatoms. The molecule has 1 N–H and O–H groups in total. The number of ether oxygens (including phenoxy) is 1. The fourth-order valence-electron chi connectivity index (χ4n) is 3.91. The number of benzene rings is 3. The second-order valence-electron chi connectivity index (χ2n) is 7.83. The Morgan fingerprint density at radius 2 is 1.71 bits per heavy atom. The van der Waals surface area contributed by atoms with Crippen molar-refractivity contribution < 1.29 is 13.9 Å². The predicted octanol–water partition coefficient (Wildman–Crippen LogP) is 4.73. The van der Waals surface area contributed by atoms with Gasteiger partial charge in [-0.25, -0.2) is 4.39 Å². The minimum absolute atomic E-state index is 0.0187. The van der Waals surface area contributed by atoms with Crippen LogP contribution in [-0.2, 0) is 17.8 Å². The lowest BCUT2D eigenvalue weighted by Crippen LogP contribution is -2.45. The van der Waals surface area contributed by atoms with Gasteiger partial charge in [-0.1, -0.05) is 54.6 Å². The summed E-state index contributed by atoms with van der Waals surface area (Å²) in [6.07, 6.45) is 2.19. The van der Waals surface area contributed by atoms with Crippen LogP contribution in [0.15, 0.2) is 78.9 Å². The third kappa shape index (κ3) is 5.63. The molecule has 1 heterocycles. The molecule has 0 aromatic heterocycles. The molecule has 0 unspecified atom stereocenters. The van der Waals surface area contributed by atoms with Crippen molar-refractivity contribution in [3.8, 4) is 5.75 Å². The third-order valence-corrected chi connectivity index (χ3v) is 5.54. The van der Waals surface area contributed by atoms with Crippen LogP contribution in [-0.4, -0.2) is 25.1 Å². The molecule has 0 radical (unpaired) electrons. The Labute approximate surface area is 182 Å². The van der Waals surface area contributed by atoms with Crippen LogP contribution < -0.4 is 15.0 Å². The van der Waals surface area contributed by atoms with Gasteiger partial charge in [0.05, 0.1) is 18.2 Å². The molecule has 1 aliphatic rings. The highest BCUT2D eigenvalue weighted by Gasteiger charge is 2.29. The lowest BCUT2D eigenvalue weighted by Gasteiger charge is -2.38. The molecule has 160 valence electrons. The van der Waals surface area contributed by atoms with Crippen molar-refractivity contribution in [2.24, 2.45) is 0 Å². The maximum Gasteiger partial charge on any atom is 0.222 e. The van der Waals surface area contributed by atoms with Gasteiger partial charge in [-0.2, -0.15) is 0 Å². The van der Waals surface area contributed by atoms with Crippen molar-refractivity contribution in [1.29, 1.82) is 0 Å². The van der Waals surface area contributed by atoms with E-state index in [-0.39, 0.29) is 17.8 Å². The monoisotopic (exact) mass is 418 g/mol. The Kier molecular flexibility index (Phi) is 6.82. The first-order valence-electron chi connectivity index (χ1n) is 10.7. The molecule has 1 amide bonds. The van der Waals surface area contributed by atoms with E-state index in [1.165, 1.54) is 17.7 Å². The lowest BCUT2D eigenvalue weighted by atomic mass is 10.1.